The maximum atomic E-state index is 13.0. The van der Waals surface area contributed by atoms with Crippen molar-refractivity contribution in [3.05, 3.63) is 0 Å². The Morgan fingerprint density at radius 3 is 0.780 bits per heavy atom. The van der Waals surface area contributed by atoms with Gasteiger partial charge in [0.1, 0.15) is 19.3 Å². The van der Waals surface area contributed by atoms with Crippen LogP contribution in [-0.4, -0.2) is 96.7 Å². The van der Waals surface area contributed by atoms with Crippen molar-refractivity contribution in [3.63, 3.8) is 0 Å². The van der Waals surface area contributed by atoms with Gasteiger partial charge in [0.25, 0.3) is 0 Å². The first kappa shape index (κ1) is 89.1. The van der Waals surface area contributed by atoms with Crippen LogP contribution in [0.15, 0.2) is 0 Å². The molecule has 8 atom stereocenters. The number of carbonyl (C=O) groups excluding carboxylic acids is 4. The van der Waals surface area contributed by atoms with Gasteiger partial charge in [0, 0.05) is 25.7 Å². The van der Waals surface area contributed by atoms with E-state index in [9.17, 15) is 43.2 Å². The Hall–Kier alpha value is -1.94. The third kappa shape index (κ3) is 62.6. The van der Waals surface area contributed by atoms with E-state index < -0.39 is 97.5 Å². The van der Waals surface area contributed by atoms with Gasteiger partial charge in [-0.1, -0.05) is 306 Å². The zero-order valence-electron chi connectivity index (χ0n) is 59.5. The summed E-state index contributed by atoms with van der Waals surface area (Å²) in [4.78, 5) is 72.6. The highest BCUT2D eigenvalue weighted by molar-refractivity contribution is 7.47. The normalized spacial score (nSPS) is 15.1. The van der Waals surface area contributed by atoms with Crippen LogP contribution in [0.1, 0.15) is 357 Å². The lowest BCUT2D eigenvalue weighted by Crippen LogP contribution is -2.30. The van der Waals surface area contributed by atoms with Crippen LogP contribution < -0.4 is 0 Å². The molecule has 91 heavy (non-hydrogen) atoms. The number of phosphoric acid groups is 2. The van der Waals surface area contributed by atoms with Crippen LogP contribution in [0.2, 0.25) is 0 Å². The average molecular weight is 1340 g/mol. The molecule has 0 saturated carbocycles. The number of rotatable bonds is 69. The van der Waals surface area contributed by atoms with Gasteiger partial charge < -0.3 is 33.8 Å². The molecule has 0 heterocycles. The van der Waals surface area contributed by atoms with Gasteiger partial charge in [0.15, 0.2) is 12.2 Å². The predicted molar refractivity (Wildman–Crippen MR) is 367 cm³/mol. The summed E-state index contributed by atoms with van der Waals surface area (Å²) in [6.07, 6.45) is 44.4. The quantitative estimate of drug-likeness (QED) is 0.0222. The molecule has 0 amide bonds. The fourth-order valence-corrected chi connectivity index (χ4v) is 12.3. The second kappa shape index (κ2) is 61.6. The molecule has 3 N–H and O–H groups in total. The van der Waals surface area contributed by atoms with Crippen molar-refractivity contribution < 1.29 is 80.2 Å². The van der Waals surface area contributed by atoms with E-state index in [2.05, 4.69) is 55.4 Å². The third-order valence-corrected chi connectivity index (χ3v) is 19.6. The largest absolute Gasteiger partial charge is 0.472 e. The summed E-state index contributed by atoms with van der Waals surface area (Å²) < 4.78 is 68.3. The molecule has 5 unspecified atom stereocenters. The Balaban J connectivity index is 5.25. The Kier molecular flexibility index (Phi) is 60.3. The van der Waals surface area contributed by atoms with Crippen molar-refractivity contribution in [3.8, 4) is 0 Å². The van der Waals surface area contributed by atoms with Gasteiger partial charge in [-0.3, -0.25) is 37.3 Å². The predicted octanol–water partition coefficient (Wildman–Crippen LogP) is 20.5. The molecule has 540 valence electrons. The second-order valence-electron chi connectivity index (χ2n) is 27.2. The first-order chi connectivity index (χ1) is 43.7. The molecule has 0 aromatic carbocycles. The van der Waals surface area contributed by atoms with Crippen molar-refractivity contribution in [2.24, 2.45) is 23.7 Å². The van der Waals surface area contributed by atoms with Gasteiger partial charge in [0.05, 0.1) is 26.4 Å². The number of hydrogen-bond donors (Lipinski definition) is 3. The zero-order valence-corrected chi connectivity index (χ0v) is 61.3. The summed E-state index contributed by atoms with van der Waals surface area (Å²) in [6, 6.07) is 0. The number of unbranched alkanes of at least 4 members (excludes halogenated alkanes) is 32. The SMILES string of the molecule is CCC(C)CCCCCCCCCCCCC(=O)OC[C@H](COP(=O)(O)OC[C@@H](O)COP(=O)(O)OC[C@@H](COC(=O)CCCCCCCCC(C)CC)OC(=O)CCCCCCCCC(C)CC)OC(=O)CCCCCCCCCCCCCCCCC(C)C. The van der Waals surface area contributed by atoms with Crippen LogP contribution in [0.3, 0.4) is 0 Å². The van der Waals surface area contributed by atoms with Gasteiger partial charge in [-0.05, 0) is 49.4 Å². The van der Waals surface area contributed by atoms with E-state index >= 15 is 0 Å². The van der Waals surface area contributed by atoms with Crippen LogP contribution in [0.4, 0.5) is 0 Å². The lowest BCUT2D eigenvalue weighted by Gasteiger charge is -2.21. The van der Waals surface area contributed by atoms with E-state index in [4.69, 9.17) is 37.0 Å². The highest BCUT2D eigenvalue weighted by Crippen LogP contribution is 2.45. The molecule has 0 spiro atoms. The van der Waals surface area contributed by atoms with Gasteiger partial charge in [-0.15, -0.1) is 0 Å². The molecular weight excluding hydrogens is 1200 g/mol. The molecule has 0 aromatic rings. The molecule has 0 aliphatic rings. The fraction of sp³-hybridized carbons (Fsp3) is 0.944. The number of hydrogen-bond acceptors (Lipinski definition) is 15. The topological polar surface area (TPSA) is 237 Å². The highest BCUT2D eigenvalue weighted by atomic mass is 31.2. The molecule has 0 aliphatic heterocycles. The number of ether oxygens (including phenoxy) is 4. The first-order valence-corrected chi connectivity index (χ1v) is 40.3. The molecule has 19 heteroatoms. The molecule has 0 aromatic heterocycles. The van der Waals surface area contributed by atoms with Crippen LogP contribution in [0, 0.1) is 23.7 Å². The van der Waals surface area contributed by atoms with Crippen LogP contribution in [0.5, 0.6) is 0 Å². The molecule has 0 radical (unpaired) electrons. The minimum atomic E-state index is -4.96. The Morgan fingerprint density at radius 2 is 0.527 bits per heavy atom. The van der Waals surface area contributed by atoms with E-state index in [1.807, 2.05) is 0 Å². The molecule has 0 rings (SSSR count). The smallest absolute Gasteiger partial charge is 0.462 e. The Morgan fingerprint density at radius 1 is 0.308 bits per heavy atom. The number of esters is 4. The molecule has 0 fully saturated rings. The van der Waals surface area contributed by atoms with Crippen molar-refractivity contribution >= 4 is 39.5 Å². The van der Waals surface area contributed by atoms with E-state index in [-0.39, 0.29) is 25.7 Å². The third-order valence-electron chi connectivity index (χ3n) is 17.7. The standard InChI is InChI=1S/C72H140O17P2/c1-9-63(6)49-41-33-25-21-18-19-22-26-36-44-52-69(74)82-58-67(88-71(76)54-46-38-27-23-17-15-13-12-14-16-20-24-32-40-48-62(4)5)60-86-90(78,79)84-56-66(73)57-85-91(80,81)87-61-68(89-72(77)55-47-39-31-29-35-43-51-65(8)11-3)59-83-70(75)53-45-37-30-28-34-42-50-64(7)10-2/h62-68,73H,9-61H2,1-8H3,(H,78,79)(H,80,81)/t63?,64?,65?,66-,67-,68-/m1/s1. The maximum Gasteiger partial charge on any atom is 0.472 e. The van der Waals surface area contributed by atoms with Gasteiger partial charge >= 0.3 is 39.5 Å². The first-order valence-electron chi connectivity index (χ1n) is 37.3. The zero-order chi connectivity index (χ0) is 67.5. The summed E-state index contributed by atoms with van der Waals surface area (Å²) in [6.45, 7) is 14.1. The van der Waals surface area contributed by atoms with Gasteiger partial charge in [-0.2, -0.15) is 0 Å². The van der Waals surface area contributed by atoms with Crippen molar-refractivity contribution in [1.82, 2.24) is 0 Å². The van der Waals surface area contributed by atoms with Crippen molar-refractivity contribution in [2.75, 3.05) is 39.6 Å². The molecule has 17 nitrogen and oxygen atoms in total. The monoisotopic (exact) mass is 1340 g/mol. The lowest BCUT2D eigenvalue weighted by atomic mass is 9.99. The summed E-state index contributed by atoms with van der Waals surface area (Å²) in [7, 11) is -9.91. The number of aliphatic hydroxyl groups is 1. The number of carbonyl (C=O) groups is 4. The van der Waals surface area contributed by atoms with Crippen LogP contribution in [0.25, 0.3) is 0 Å². The van der Waals surface area contributed by atoms with Gasteiger partial charge in [-0.25, -0.2) is 9.13 Å². The van der Waals surface area contributed by atoms with Crippen molar-refractivity contribution in [1.29, 1.82) is 0 Å². The van der Waals surface area contributed by atoms with Crippen LogP contribution >= 0.6 is 15.6 Å². The minimum absolute atomic E-state index is 0.102. The molecule has 0 bridgehead atoms. The van der Waals surface area contributed by atoms with Crippen molar-refractivity contribution in [2.45, 2.75) is 375 Å². The fourth-order valence-electron chi connectivity index (χ4n) is 10.7. The Bertz CT molecular complexity index is 1800. The second-order valence-corrected chi connectivity index (χ2v) is 30.1. The Labute approximate surface area is 556 Å². The maximum absolute atomic E-state index is 13.0. The molecule has 0 aliphatic carbocycles. The summed E-state index contributed by atoms with van der Waals surface area (Å²) >= 11 is 0. The average Bonchev–Trinajstić information content (AvgIpc) is 2.96. The summed E-state index contributed by atoms with van der Waals surface area (Å²) in [5.74, 6) is 0.926. The summed E-state index contributed by atoms with van der Waals surface area (Å²) in [5.41, 5.74) is 0. The van der Waals surface area contributed by atoms with Gasteiger partial charge in [0.2, 0.25) is 0 Å². The van der Waals surface area contributed by atoms with E-state index in [0.717, 1.165) is 120 Å². The number of phosphoric ester groups is 2. The van der Waals surface area contributed by atoms with E-state index in [1.165, 1.54) is 154 Å². The van der Waals surface area contributed by atoms with E-state index in [1.54, 1.807) is 0 Å². The molecular formula is C72H140O17P2. The lowest BCUT2D eigenvalue weighted by molar-refractivity contribution is -0.161. The number of aliphatic hydroxyl groups excluding tert-OH is 1. The van der Waals surface area contributed by atoms with E-state index in [0.29, 0.717) is 25.7 Å². The highest BCUT2D eigenvalue weighted by Gasteiger charge is 2.30. The summed E-state index contributed by atoms with van der Waals surface area (Å²) in [5, 5.41) is 10.6. The van der Waals surface area contributed by atoms with Crippen LogP contribution in [-0.2, 0) is 65.4 Å². The minimum Gasteiger partial charge on any atom is -0.462 e. The molecule has 0 saturated heterocycles.